The SMILES string of the molecule is C=C1C(=O)[C@@]23CC[C@@H]4[C@](C)(CO)[C@@H](OC(C)=O)CC[C@@]4(C)[C@@H]2[C@H](O)C[C@@H]1C3. The number of aliphatic hydroxyl groups excluding tert-OH is 2. The predicted molar refractivity (Wildman–Crippen MR) is 99.6 cm³/mol. The molecule has 4 saturated carbocycles. The Kier molecular flexibility index (Phi) is 4.18. The fourth-order valence-corrected chi connectivity index (χ4v) is 7.86. The van der Waals surface area contributed by atoms with Crippen molar-refractivity contribution in [1.82, 2.24) is 0 Å². The molecule has 4 fully saturated rings. The maximum atomic E-state index is 13.2. The van der Waals surface area contributed by atoms with E-state index in [0.717, 1.165) is 25.7 Å². The number of aliphatic hydroxyl groups is 2. The molecule has 8 atom stereocenters. The third-order valence-corrected chi connectivity index (χ3v) is 8.86. The number of Topliss-reactive ketones (excluding diaryl/α,β-unsaturated/α-hetero) is 1. The van der Waals surface area contributed by atoms with Crippen LogP contribution < -0.4 is 0 Å². The van der Waals surface area contributed by atoms with Crippen LogP contribution in [-0.2, 0) is 14.3 Å². The fourth-order valence-electron chi connectivity index (χ4n) is 7.86. The smallest absolute Gasteiger partial charge is 0.302 e. The number of carbonyl (C=O) groups is 2. The summed E-state index contributed by atoms with van der Waals surface area (Å²) in [5, 5.41) is 21.5. The van der Waals surface area contributed by atoms with E-state index >= 15 is 0 Å². The van der Waals surface area contributed by atoms with Crippen LogP contribution in [0.15, 0.2) is 12.2 Å². The van der Waals surface area contributed by atoms with Crippen molar-refractivity contribution in [2.24, 2.45) is 34.0 Å². The minimum atomic E-state index is -0.560. The normalized spacial score (nSPS) is 51.5. The van der Waals surface area contributed by atoms with Crippen molar-refractivity contribution in [2.45, 2.75) is 71.5 Å². The summed E-state index contributed by atoms with van der Waals surface area (Å²) >= 11 is 0. The molecule has 0 aliphatic heterocycles. The Hall–Kier alpha value is -1.20. The summed E-state index contributed by atoms with van der Waals surface area (Å²) in [5.41, 5.74) is -0.612. The van der Waals surface area contributed by atoms with Gasteiger partial charge in [0.25, 0.3) is 0 Å². The summed E-state index contributed by atoms with van der Waals surface area (Å²) < 4.78 is 5.61. The van der Waals surface area contributed by atoms with Gasteiger partial charge in [-0.05, 0) is 61.3 Å². The number of ketones is 1. The van der Waals surface area contributed by atoms with Crippen LogP contribution >= 0.6 is 0 Å². The van der Waals surface area contributed by atoms with Gasteiger partial charge in [0, 0.05) is 23.7 Å². The first-order chi connectivity index (χ1) is 12.6. The van der Waals surface area contributed by atoms with E-state index < -0.39 is 16.9 Å². The Balaban J connectivity index is 1.77. The van der Waals surface area contributed by atoms with Gasteiger partial charge in [0.15, 0.2) is 5.78 Å². The molecule has 0 aromatic heterocycles. The molecule has 0 heterocycles. The number of esters is 1. The van der Waals surface area contributed by atoms with E-state index in [1.54, 1.807) is 0 Å². The van der Waals surface area contributed by atoms with Gasteiger partial charge in [-0.3, -0.25) is 9.59 Å². The topological polar surface area (TPSA) is 83.8 Å². The van der Waals surface area contributed by atoms with Crippen LogP contribution in [0.3, 0.4) is 0 Å². The van der Waals surface area contributed by atoms with Gasteiger partial charge in [-0.15, -0.1) is 0 Å². The Bertz CT molecular complexity index is 701. The number of ether oxygens (including phenoxy) is 1. The largest absolute Gasteiger partial charge is 0.462 e. The molecular weight excluding hydrogens is 344 g/mol. The monoisotopic (exact) mass is 376 g/mol. The van der Waals surface area contributed by atoms with E-state index in [1.807, 2.05) is 6.92 Å². The van der Waals surface area contributed by atoms with Gasteiger partial charge < -0.3 is 14.9 Å². The third-order valence-electron chi connectivity index (χ3n) is 8.86. The van der Waals surface area contributed by atoms with E-state index in [4.69, 9.17) is 4.74 Å². The predicted octanol–water partition coefficient (Wildman–Crippen LogP) is 2.64. The van der Waals surface area contributed by atoms with E-state index in [-0.39, 0.29) is 47.6 Å². The quantitative estimate of drug-likeness (QED) is 0.572. The molecule has 5 heteroatoms. The zero-order chi connectivity index (χ0) is 19.8. The highest BCUT2D eigenvalue weighted by molar-refractivity contribution is 6.03. The molecule has 4 aliphatic rings. The van der Waals surface area contributed by atoms with E-state index in [1.165, 1.54) is 6.92 Å². The maximum Gasteiger partial charge on any atom is 0.302 e. The maximum absolute atomic E-state index is 13.2. The van der Waals surface area contributed by atoms with Gasteiger partial charge in [0.05, 0.1) is 12.7 Å². The van der Waals surface area contributed by atoms with Crippen molar-refractivity contribution in [2.75, 3.05) is 6.61 Å². The molecule has 0 aromatic rings. The van der Waals surface area contributed by atoms with E-state index in [0.29, 0.717) is 18.4 Å². The van der Waals surface area contributed by atoms with Crippen LogP contribution in [0.4, 0.5) is 0 Å². The summed E-state index contributed by atoms with van der Waals surface area (Å²) in [6.45, 7) is 9.60. The minimum Gasteiger partial charge on any atom is -0.462 e. The summed E-state index contributed by atoms with van der Waals surface area (Å²) in [7, 11) is 0. The first kappa shape index (κ1) is 19.1. The molecule has 0 unspecified atom stereocenters. The molecule has 2 bridgehead atoms. The average molecular weight is 376 g/mol. The molecule has 5 nitrogen and oxygen atoms in total. The Morgan fingerprint density at radius 1 is 1.30 bits per heavy atom. The van der Waals surface area contributed by atoms with Crippen molar-refractivity contribution in [3.05, 3.63) is 12.2 Å². The summed E-state index contributed by atoms with van der Waals surface area (Å²) in [6.07, 6.45) is 3.57. The van der Waals surface area contributed by atoms with Crippen LogP contribution in [0.25, 0.3) is 0 Å². The molecular formula is C22H32O5. The summed E-state index contributed by atoms with van der Waals surface area (Å²) in [6, 6.07) is 0. The molecule has 4 rings (SSSR count). The van der Waals surface area contributed by atoms with Crippen molar-refractivity contribution in [1.29, 1.82) is 0 Å². The second-order valence-electron chi connectivity index (χ2n) is 10.1. The number of carbonyl (C=O) groups excluding carboxylic acids is 2. The van der Waals surface area contributed by atoms with Gasteiger partial charge in [-0.2, -0.15) is 0 Å². The highest BCUT2D eigenvalue weighted by atomic mass is 16.5. The number of allylic oxidation sites excluding steroid dienone is 1. The van der Waals surface area contributed by atoms with Crippen LogP contribution in [0.2, 0.25) is 0 Å². The van der Waals surface area contributed by atoms with Crippen LogP contribution in [-0.4, -0.2) is 40.8 Å². The highest BCUT2D eigenvalue weighted by Gasteiger charge is 2.70. The van der Waals surface area contributed by atoms with Gasteiger partial charge in [-0.25, -0.2) is 0 Å². The van der Waals surface area contributed by atoms with Gasteiger partial charge in [0.1, 0.15) is 6.10 Å². The Labute approximate surface area is 161 Å². The first-order valence-corrected chi connectivity index (χ1v) is 10.3. The minimum absolute atomic E-state index is 0.0652. The molecule has 0 radical (unpaired) electrons. The average Bonchev–Trinajstić information content (AvgIpc) is 2.78. The molecule has 1 spiro atoms. The second-order valence-corrected chi connectivity index (χ2v) is 10.1. The summed E-state index contributed by atoms with van der Waals surface area (Å²) in [4.78, 5) is 24.8. The lowest BCUT2D eigenvalue weighted by atomic mass is 9.40. The number of hydrogen-bond acceptors (Lipinski definition) is 5. The number of fused-ring (bicyclic) bond motifs is 3. The lowest BCUT2D eigenvalue weighted by Gasteiger charge is -2.65. The first-order valence-electron chi connectivity index (χ1n) is 10.3. The molecule has 0 saturated heterocycles. The molecule has 27 heavy (non-hydrogen) atoms. The fraction of sp³-hybridized carbons (Fsp3) is 0.818. The molecule has 150 valence electrons. The van der Waals surface area contributed by atoms with Crippen molar-refractivity contribution >= 4 is 11.8 Å². The van der Waals surface area contributed by atoms with Crippen LogP contribution in [0.5, 0.6) is 0 Å². The number of hydrogen-bond donors (Lipinski definition) is 2. The van der Waals surface area contributed by atoms with Crippen molar-refractivity contribution in [3.8, 4) is 0 Å². The third kappa shape index (κ3) is 2.30. The van der Waals surface area contributed by atoms with Crippen LogP contribution in [0.1, 0.15) is 59.3 Å². The highest BCUT2D eigenvalue weighted by Crippen LogP contribution is 2.71. The lowest BCUT2D eigenvalue weighted by molar-refractivity contribution is -0.225. The van der Waals surface area contributed by atoms with Crippen molar-refractivity contribution < 1.29 is 24.5 Å². The zero-order valence-corrected chi connectivity index (χ0v) is 16.7. The standard InChI is InChI=1S/C22H32O5/c1-12-14-9-15(25)18-20(3)7-6-17(27-13(2)24)21(4,11-23)16(20)5-8-22(18,10-14)19(12)26/h14-18,23,25H,1,5-11H2,2-4H3/t14-,15-,16+,17+,18+,20-,21+,22-/m1/s1. The zero-order valence-electron chi connectivity index (χ0n) is 16.7. The lowest BCUT2D eigenvalue weighted by Crippen LogP contribution is -2.65. The van der Waals surface area contributed by atoms with E-state index in [2.05, 4.69) is 13.5 Å². The Morgan fingerprint density at radius 2 is 2.00 bits per heavy atom. The van der Waals surface area contributed by atoms with Gasteiger partial charge in [0.2, 0.25) is 0 Å². The van der Waals surface area contributed by atoms with E-state index in [9.17, 15) is 19.8 Å². The summed E-state index contributed by atoms with van der Waals surface area (Å²) in [5.74, 6) is -0.0575. The van der Waals surface area contributed by atoms with Gasteiger partial charge >= 0.3 is 5.97 Å². The molecule has 0 amide bonds. The molecule has 0 aromatic carbocycles. The van der Waals surface area contributed by atoms with Crippen LogP contribution in [0, 0.1) is 34.0 Å². The molecule has 4 aliphatic carbocycles. The molecule has 2 N–H and O–H groups in total. The van der Waals surface area contributed by atoms with Gasteiger partial charge in [-0.1, -0.05) is 20.4 Å². The van der Waals surface area contributed by atoms with Crippen molar-refractivity contribution in [3.63, 3.8) is 0 Å². The number of rotatable bonds is 2. The second kappa shape index (κ2) is 5.90. The Morgan fingerprint density at radius 3 is 2.63 bits per heavy atom.